The molecular weight excluding hydrogens is 548 g/mol. The zero-order valence-corrected chi connectivity index (χ0v) is 24.7. The van der Waals surface area contributed by atoms with Crippen LogP contribution in [-0.2, 0) is 12.0 Å². The summed E-state index contributed by atoms with van der Waals surface area (Å²) in [6.07, 6.45) is 2.26. The molecular formula is C29H37BrN4O4. The fraction of sp³-hybridized carbons (Fsp3) is 0.483. The van der Waals surface area contributed by atoms with Gasteiger partial charge < -0.3 is 24.6 Å². The van der Waals surface area contributed by atoms with E-state index in [4.69, 9.17) is 9.47 Å². The number of ketones is 1. The minimum absolute atomic E-state index is 0.00314. The van der Waals surface area contributed by atoms with Gasteiger partial charge in [0.25, 0.3) is 5.91 Å². The van der Waals surface area contributed by atoms with Gasteiger partial charge in [-0.25, -0.2) is 0 Å². The van der Waals surface area contributed by atoms with Crippen LogP contribution in [0.1, 0.15) is 77.9 Å². The van der Waals surface area contributed by atoms with E-state index in [1.807, 2.05) is 30.0 Å². The quantitative estimate of drug-likeness (QED) is 0.434. The van der Waals surface area contributed by atoms with E-state index in [2.05, 4.69) is 51.2 Å². The van der Waals surface area contributed by atoms with E-state index in [-0.39, 0.29) is 23.7 Å². The van der Waals surface area contributed by atoms with Crippen molar-refractivity contribution in [3.63, 3.8) is 0 Å². The Morgan fingerprint density at radius 1 is 1.13 bits per heavy atom. The van der Waals surface area contributed by atoms with Gasteiger partial charge in [0.05, 0.1) is 47.7 Å². The van der Waals surface area contributed by atoms with Crippen LogP contribution in [0, 0.1) is 0 Å². The monoisotopic (exact) mass is 584 g/mol. The summed E-state index contributed by atoms with van der Waals surface area (Å²) < 4.78 is 16.0. The average molecular weight is 586 g/mol. The number of amides is 1. The molecule has 4 rings (SSSR count). The molecule has 1 N–H and O–H groups in total. The van der Waals surface area contributed by atoms with Gasteiger partial charge in [-0.05, 0) is 55.0 Å². The van der Waals surface area contributed by atoms with Crippen molar-refractivity contribution in [1.29, 1.82) is 0 Å². The molecule has 204 valence electrons. The number of Topliss-reactive ketones (excluding diaryl/α,β-unsaturated/α-hetero) is 1. The Bertz CT molecular complexity index is 1260. The summed E-state index contributed by atoms with van der Waals surface area (Å²) >= 11 is 3.25. The van der Waals surface area contributed by atoms with Crippen LogP contribution in [-0.4, -0.2) is 62.8 Å². The smallest absolute Gasteiger partial charge is 0.254 e. The van der Waals surface area contributed by atoms with Crippen LogP contribution in [0.4, 0.5) is 5.69 Å². The average Bonchev–Trinajstić information content (AvgIpc) is 3.54. The third-order valence-corrected chi connectivity index (χ3v) is 7.48. The topological polar surface area (TPSA) is 83.5 Å². The predicted molar refractivity (Wildman–Crippen MR) is 154 cm³/mol. The first-order valence-corrected chi connectivity index (χ1v) is 13.8. The van der Waals surface area contributed by atoms with E-state index in [0.29, 0.717) is 35.9 Å². The number of carbonyl (C=O) groups excluding carboxylic acids is 2. The molecule has 8 nitrogen and oxygen atoms in total. The molecule has 2 aromatic carbocycles. The SMILES string of the molecule is CCOc1cc2c(cc1C(=O)NC)/C(=N/Br)N(CC(=O)c1cc(N3CCCC3)c(OC)c(C(C)(C)C)c1)C2. The molecule has 1 amide bonds. The maximum absolute atomic E-state index is 13.8. The van der Waals surface area contributed by atoms with E-state index in [1.165, 1.54) is 0 Å². The van der Waals surface area contributed by atoms with Gasteiger partial charge in [-0.1, -0.05) is 20.8 Å². The first kappa shape index (κ1) is 28.0. The van der Waals surface area contributed by atoms with Crippen molar-refractivity contribution in [1.82, 2.24) is 10.2 Å². The highest BCUT2D eigenvalue weighted by molar-refractivity contribution is 9.08. The number of nitrogens with zero attached hydrogens (tertiary/aromatic N) is 3. The number of hydrogen-bond donors (Lipinski definition) is 1. The van der Waals surface area contributed by atoms with Gasteiger partial charge in [0.2, 0.25) is 0 Å². The molecule has 0 spiro atoms. The van der Waals surface area contributed by atoms with Crippen molar-refractivity contribution < 1.29 is 19.1 Å². The van der Waals surface area contributed by atoms with E-state index in [9.17, 15) is 9.59 Å². The zero-order chi connectivity index (χ0) is 27.6. The second-order valence-corrected chi connectivity index (χ2v) is 11.1. The standard InChI is InChI=1S/C29H37BrN4O4/c1-7-38-25-14-19-16-34(27(32-30)20(19)15-21(25)28(36)31-5)17-24(35)18-12-22(29(2,3)4)26(37-6)23(13-18)33-10-8-9-11-33/h12-15H,7-11,16-17H2,1-6H3,(H,31,36)/b32-27-. The van der Waals surface area contributed by atoms with E-state index in [0.717, 1.165) is 54.1 Å². The molecule has 1 fully saturated rings. The molecule has 2 aliphatic heterocycles. The molecule has 2 heterocycles. The minimum Gasteiger partial charge on any atom is -0.494 e. The van der Waals surface area contributed by atoms with E-state index < -0.39 is 0 Å². The van der Waals surface area contributed by atoms with Crippen molar-refractivity contribution in [2.24, 2.45) is 4.02 Å². The van der Waals surface area contributed by atoms with Crippen molar-refractivity contribution in [3.05, 3.63) is 52.1 Å². The number of anilines is 1. The lowest BCUT2D eigenvalue weighted by Crippen LogP contribution is -2.31. The Hall–Kier alpha value is -3.07. The third kappa shape index (κ3) is 5.39. The molecule has 0 atom stereocenters. The molecule has 38 heavy (non-hydrogen) atoms. The highest BCUT2D eigenvalue weighted by Crippen LogP contribution is 2.41. The lowest BCUT2D eigenvalue weighted by molar-refractivity contribution is 0.0953. The normalized spacial score (nSPS) is 16.1. The number of fused-ring (bicyclic) bond motifs is 1. The molecule has 0 aliphatic carbocycles. The summed E-state index contributed by atoms with van der Waals surface area (Å²) in [5.74, 6) is 1.75. The first-order chi connectivity index (χ1) is 18.1. The molecule has 0 saturated carbocycles. The van der Waals surface area contributed by atoms with Crippen LogP contribution >= 0.6 is 16.1 Å². The third-order valence-electron chi connectivity index (χ3n) is 7.14. The molecule has 0 unspecified atom stereocenters. The number of rotatable bonds is 8. The maximum Gasteiger partial charge on any atom is 0.254 e. The van der Waals surface area contributed by atoms with Crippen molar-refractivity contribution in [2.45, 2.75) is 52.5 Å². The van der Waals surface area contributed by atoms with Crippen LogP contribution in [0.25, 0.3) is 0 Å². The Morgan fingerprint density at radius 3 is 2.42 bits per heavy atom. The largest absolute Gasteiger partial charge is 0.494 e. The predicted octanol–water partition coefficient (Wildman–Crippen LogP) is 5.11. The van der Waals surface area contributed by atoms with Gasteiger partial charge in [0.15, 0.2) is 5.78 Å². The molecule has 2 aromatic rings. The van der Waals surface area contributed by atoms with Gasteiger partial charge in [-0.3, -0.25) is 9.59 Å². The fourth-order valence-corrected chi connectivity index (χ4v) is 5.65. The summed E-state index contributed by atoms with van der Waals surface area (Å²) in [7, 11) is 3.29. The van der Waals surface area contributed by atoms with Crippen LogP contribution in [0.15, 0.2) is 28.3 Å². The zero-order valence-electron chi connectivity index (χ0n) is 23.1. The second kappa shape index (κ2) is 11.4. The van der Waals surface area contributed by atoms with Gasteiger partial charge in [0, 0.05) is 43.4 Å². The van der Waals surface area contributed by atoms with Crippen LogP contribution < -0.4 is 19.7 Å². The Balaban J connectivity index is 1.69. The molecule has 0 bridgehead atoms. The van der Waals surface area contributed by atoms with Gasteiger partial charge in [-0.2, -0.15) is 4.02 Å². The highest BCUT2D eigenvalue weighted by atomic mass is 79.9. The lowest BCUT2D eigenvalue weighted by atomic mass is 9.84. The van der Waals surface area contributed by atoms with Crippen molar-refractivity contribution in [2.75, 3.05) is 45.3 Å². The van der Waals surface area contributed by atoms with E-state index >= 15 is 0 Å². The van der Waals surface area contributed by atoms with Crippen LogP contribution in [0.3, 0.4) is 0 Å². The van der Waals surface area contributed by atoms with Gasteiger partial charge in [0.1, 0.15) is 17.3 Å². The van der Waals surface area contributed by atoms with Gasteiger partial charge in [-0.15, -0.1) is 0 Å². The molecule has 0 aromatic heterocycles. The number of amidine groups is 1. The molecule has 1 saturated heterocycles. The number of ether oxygens (including phenoxy) is 2. The second-order valence-electron chi connectivity index (χ2n) is 10.7. The van der Waals surface area contributed by atoms with Crippen LogP contribution in [0.5, 0.6) is 11.5 Å². The Labute approximate surface area is 233 Å². The van der Waals surface area contributed by atoms with Crippen LogP contribution in [0.2, 0.25) is 0 Å². The van der Waals surface area contributed by atoms with Crippen molar-refractivity contribution >= 4 is 39.4 Å². The summed E-state index contributed by atoms with van der Waals surface area (Å²) in [4.78, 5) is 30.6. The van der Waals surface area contributed by atoms with E-state index in [1.54, 1.807) is 20.2 Å². The number of methoxy groups -OCH3 is 1. The summed E-state index contributed by atoms with van der Waals surface area (Å²) in [5.41, 5.74) is 4.65. The van der Waals surface area contributed by atoms with Gasteiger partial charge >= 0.3 is 0 Å². The fourth-order valence-electron chi connectivity index (χ4n) is 5.23. The lowest BCUT2D eigenvalue weighted by Gasteiger charge is -2.29. The molecule has 0 radical (unpaired) electrons. The summed E-state index contributed by atoms with van der Waals surface area (Å²) in [6, 6.07) is 7.63. The Morgan fingerprint density at radius 2 is 1.84 bits per heavy atom. The minimum atomic E-state index is -0.234. The highest BCUT2D eigenvalue weighted by Gasteiger charge is 2.32. The first-order valence-electron chi connectivity index (χ1n) is 13.1. The summed E-state index contributed by atoms with van der Waals surface area (Å²) in [6.45, 7) is 11.3. The number of halogens is 1. The maximum atomic E-state index is 13.8. The van der Waals surface area contributed by atoms with Crippen molar-refractivity contribution in [3.8, 4) is 11.5 Å². The number of hydrogen-bond acceptors (Lipinski definition) is 6. The molecule has 2 aliphatic rings. The number of nitrogens with one attached hydrogen (secondary N) is 1. The summed E-state index contributed by atoms with van der Waals surface area (Å²) in [5, 5.41) is 2.67. The number of carbonyl (C=O) groups is 2. The number of benzene rings is 2. The molecule has 9 heteroatoms. The Kier molecular flexibility index (Phi) is 8.35.